The summed E-state index contributed by atoms with van der Waals surface area (Å²) < 4.78 is 24.8. The minimum atomic E-state index is -0.233. The van der Waals surface area contributed by atoms with Gasteiger partial charge in [0.25, 0.3) is 0 Å². The molecule has 8 heteroatoms. The van der Waals surface area contributed by atoms with Gasteiger partial charge in [-0.3, -0.25) is 9.89 Å². The van der Waals surface area contributed by atoms with E-state index in [0.717, 1.165) is 50.9 Å². The molecule has 2 aromatic carbocycles. The lowest BCUT2D eigenvalue weighted by Crippen LogP contribution is -2.50. The summed E-state index contributed by atoms with van der Waals surface area (Å²) in [5, 5.41) is 3.49. The maximum Gasteiger partial charge on any atom is 0.194 e. The van der Waals surface area contributed by atoms with Gasteiger partial charge in [-0.15, -0.1) is 24.0 Å². The van der Waals surface area contributed by atoms with E-state index >= 15 is 0 Å². The van der Waals surface area contributed by atoms with E-state index in [1.807, 2.05) is 0 Å². The predicted molar refractivity (Wildman–Crippen MR) is 139 cm³/mol. The zero-order chi connectivity index (χ0) is 22.3. The molecule has 0 radical (unpaired) electrons. The van der Waals surface area contributed by atoms with Crippen LogP contribution in [0.4, 0.5) is 4.39 Å². The predicted octanol–water partition coefficient (Wildman–Crippen LogP) is 3.81. The van der Waals surface area contributed by atoms with Gasteiger partial charge in [0, 0.05) is 39.8 Å². The summed E-state index contributed by atoms with van der Waals surface area (Å²) in [6, 6.07) is 15.3. The van der Waals surface area contributed by atoms with Crippen LogP contribution < -0.4 is 5.32 Å². The number of nitrogens with zero attached hydrogens (tertiary/aromatic N) is 3. The highest BCUT2D eigenvalue weighted by Gasteiger charge is 2.28. The zero-order valence-corrected chi connectivity index (χ0v) is 21.7. The van der Waals surface area contributed by atoms with Gasteiger partial charge in [0.1, 0.15) is 11.9 Å². The van der Waals surface area contributed by atoms with E-state index in [0.29, 0.717) is 13.1 Å². The molecule has 0 aromatic heterocycles. The Morgan fingerprint density at radius 3 is 2.36 bits per heavy atom. The van der Waals surface area contributed by atoms with Crippen LogP contribution in [0.2, 0.25) is 0 Å². The van der Waals surface area contributed by atoms with Gasteiger partial charge in [-0.25, -0.2) is 4.39 Å². The third kappa shape index (κ3) is 7.37. The van der Waals surface area contributed by atoms with Crippen molar-refractivity contribution in [3.05, 3.63) is 71.0 Å². The Kier molecular flexibility index (Phi) is 9.91. The molecule has 2 aliphatic heterocycles. The Hall–Kier alpha value is -1.75. The van der Waals surface area contributed by atoms with E-state index in [4.69, 9.17) is 9.47 Å². The molecule has 2 heterocycles. The van der Waals surface area contributed by atoms with E-state index in [1.54, 1.807) is 19.2 Å². The number of halogens is 2. The Bertz CT molecular complexity index is 888. The molecule has 6 nitrogen and oxygen atoms in total. The molecule has 2 aliphatic rings. The minimum Gasteiger partial charge on any atom is -0.379 e. The minimum absolute atomic E-state index is 0. The van der Waals surface area contributed by atoms with Crippen LogP contribution in [-0.4, -0.2) is 68.3 Å². The lowest BCUT2D eigenvalue weighted by molar-refractivity contribution is -0.0605. The number of guanidine groups is 1. The second-order valence-corrected chi connectivity index (χ2v) is 8.50. The highest BCUT2D eigenvalue weighted by atomic mass is 127. The van der Waals surface area contributed by atoms with Crippen LogP contribution in [0.5, 0.6) is 0 Å². The summed E-state index contributed by atoms with van der Waals surface area (Å²) in [7, 11) is 1.81. The molecule has 0 bridgehead atoms. The first kappa shape index (κ1) is 25.9. The number of hydrogen-bond acceptors (Lipinski definition) is 4. The Balaban J connectivity index is 0.00000306. The first-order valence-electron chi connectivity index (χ1n) is 11.3. The molecule has 2 unspecified atom stereocenters. The van der Waals surface area contributed by atoms with E-state index in [9.17, 15) is 4.39 Å². The molecule has 2 saturated heterocycles. The third-order valence-corrected chi connectivity index (χ3v) is 6.00. The molecule has 4 rings (SSSR count). The average molecular weight is 568 g/mol. The summed E-state index contributed by atoms with van der Waals surface area (Å²) in [6.45, 7) is 8.80. The summed E-state index contributed by atoms with van der Waals surface area (Å²) in [6.07, 6.45) is -0.0609. The van der Waals surface area contributed by atoms with Crippen LogP contribution in [0.3, 0.4) is 0 Å². The number of morpholine rings is 2. The first-order chi connectivity index (χ1) is 15.6. The molecule has 0 amide bonds. The van der Waals surface area contributed by atoms with Gasteiger partial charge < -0.3 is 19.7 Å². The molecule has 1 N–H and O–H groups in total. The SMILES string of the molecule is CN=C(NCc1ccc(CN2CCOCC2)cc1)N1CC(C)OC(c2ccc(F)cc2)C1.I. The Morgan fingerprint density at radius 1 is 1.03 bits per heavy atom. The molecule has 2 fully saturated rings. The maximum atomic E-state index is 13.3. The van der Waals surface area contributed by atoms with Crippen molar-refractivity contribution in [3.63, 3.8) is 0 Å². The van der Waals surface area contributed by atoms with Crippen LogP contribution in [0.1, 0.15) is 29.7 Å². The average Bonchev–Trinajstić information content (AvgIpc) is 2.81. The largest absolute Gasteiger partial charge is 0.379 e. The van der Waals surface area contributed by atoms with Gasteiger partial charge in [-0.2, -0.15) is 0 Å². The lowest BCUT2D eigenvalue weighted by Gasteiger charge is -2.38. The number of nitrogens with one attached hydrogen (secondary N) is 1. The summed E-state index contributed by atoms with van der Waals surface area (Å²) in [4.78, 5) is 9.14. The number of benzene rings is 2. The highest BCUT2D eigenvalue weighted by molar-refractivity contribution is 14.0. The van der Waals surface area contributed by atoms with Crippen LogP contribution in [0.15, 0.2) is 53.5 Å². The topological polar surface area (TPSA) is 49.3 Å². The standard InChI is InChI=1S/C25H33FN4O2.HI/c1-19-16-30(18-24(32-19)22-7-9-23(26)10-8-22)25(27-2)28-15-20-3-5-21(6-4-20)17-29-11-13-31-14-12-29;/h3-10,19,24H,11-18H2,1-2H3,(H,27,28);1H. The van der Waals surface area contributed by atoms with Crippen molar-refractivity contribution in [2.75, 3.05) is 46.4 Å². The fourth-order valence-electron chi connectivity index (χ4n) is 4.28. The monoisotopic (exact) mass is 568 g/mol. The van der Waals surface area contributed by atoms with Crippen molar-refractivity contribution >= 4 is 29.9 Å². The number of hydrogen-bond donors (Lipinski definition) is 1. The second kappa shape index (κ2) is 12.6. The lowest BCUT2D eigenvalue weighted by atomic mass is 10.1. The van der Waals surface area contributed by atoms with E-state index in [1.165, 1.54) is 23.3 Å². The quantitative estimate of drug-likeness (QED) is 0.338. The normalized spacial score (nSPS) is 22.0. The van der Waals surface area contributed by atoms with Crippen LogP contribution in [0, 0.1) is 5.82 Å². The molecule has 2 aromatic rings. The smallest absolute Gasteiger partial charge is 0.194 e. The van der Waals surface area contributed by atoms with Crippen LogP contribution >= 0.6 is 24.0 Å². The van der Waals surface area contributed by atoms with Crippen molar-refractivity contribution < 1.29 is 13.9 Å². The maximum absolute atomic E-state index is 13.3. The summed E-state index contributed by atoms with van der Waals surface area (Å²) in [5.41, 5.74) is 3.52. The van der Waals surface area contributed by atoms with Crippen molar-refractivity contribution in [1.29, 1.82) is 0 Å². The van der Waals surface area contributed by atoms with Gasteiger partial charge in [0.2, 0.25) is 0 Å². The molecule has 33 heavy (non-hydrogen) atoms. The van der Waals surface area contributed by atoms with E-state index in [-0.39, 0.29) is 42.0 Å². The van der Waals surface area contributed by atoms with Crippen LogP contribution in [-0.2, 0) is 22.6 Å². The Labute approximate surface area is 213 Å². The van der Waals surface area contributed by atoms with Gasteiger partial charge in [0.15, 0.2) is 5.96 Å². The third-order valence-electron chi connectivity index (χ3n) is 6.00. The molecule has 180 valence electrons. The number of rotatable bonds is 5. The van der Waals surface area contributed by atoms with Crippen molar-refractivity contribution in [2.45, 2.75) is 32.2 Å². The molecule has 2 atom stereocenters. The van der Waals surface area contributed by atoms with E-state index in [2.05, 4.69) is 51.3 Å². The second-order valence-electron chi connectivity index (χ2n) is 8.50. The molecular weight excluding hydrogens is 534 g/mol. The summed E-state index contributed by atoms with van der Waals surface area (Å²) >= 11 is 0. The fraction of sp³-hybridized carbons (Fsp3) is 0.480. The van der Waals surface area contributed by atoms with Gasteiger partial charge in [-0.05, 0) is 35.7 Å². The molecule has 0 aliphatic carbocycles. The highest BCUT2D eigenvalue weighted by Crippen LogP contribution is 2.25. The first-order valence-corrected chi connectivity index (χ1v) is 11.3. The van der Waals surface area contributed by atoms with Crippen molar-refractivity contribution in [3.8, 4) is 0 Å². The van der Waals surface area contributed by atoms with Gasteiger partial charge in [0.05, 0.1) is 25.9 Å². The van der Waals surface area contributed by atoms with E-state index < -0.39 is 0 Å². The molecule has 0 saturated carbocycles. The fourth-order valence-corrected chi connectivity index (χ4v) is 4.28. The van der Waals surface area contributed by atoms with Crippen molar-refractivity contribution in [1.82, 2.24) is 15.1 Å². The van der Waals surface area contributed by atoms with Crippen LogP contribution in [0.25, 0.3) is 0 Å². The summed E-state index contributed by atoms with van der Waals surface area (Å²) in [5.74, 6) is 0.618. The van der Waals surface area contributed by atoms with Gasteiger partial charge >= 0.3 is 0 Å². The van der Waals surface area contributed by atoms with Crippen molar-refractivity contribution in [2.24, 2.45) is 4.99 Å². The molecular formula is C25H34FIN4O2. The number of ether oxygens (including phenoxy) is 2. The number of aliphatic imine (C=N–C) groups is 1. The molecule has 0 spiro atoms. The Morgan fingerprint density at radius 2 is 1.70 bits per heavy atom. The van der Waals surface area contributed by atoms with Gasteiger partial charge in [-0.1, -0.05) is 36.4 Å². The zero-order valence-electron chi connectivity index (χ0n) is 19.4.